The number of hydrogen-bond acceptors (Lipinski definition) is 14. The summed E-state index contributed by atoms with van der Waals surface area (Å²) in [6.45, 7) is 3.23. The van der Waals surface area contributed by atoms with Gasteiger partial charge in [-0.15, -0.1) is 10.2 Å². The Kier molecular flexibility index (Phi) is 9.81. The van der Waals surface area contributed by atoms with Gasteiger partial charge in [0, 0.05) is 21.9 Å². The van der Waals surface area contributed by atoms with Gasteiger partial charge < -0.3 is 21.7 Å². The molecule has 0 aliphatic rings. The van der Waals surface area contributed by atoms with Crippen LogP contribution in [0.2, 0.25) is 5.28 Å². The second-order valence-electron chi connectivity index (χ2n) is 9.87. The Hall–Kier alpha value is -5.58. The lowest BCUT2D eigenvalue weighted by Crippen LogP contribution is -2.19. The van der Waals surface area contributed by atoms with Crippen molar-refractivity contribution in [2.45, 2.75) is 14.7 Å². The molecule has 1 heterocycles. The number of halogens is 1. The average molecular weight is 760 g/mol. The highest BCUT2D eigenvalue weighted by Gasteiger charge is 2.21. The second-order valence-corrected chi connectivity index (χ2v) is 14.9. The largest absolute Gasteiger partial charge is 0.351 e. The minimum Gasteiger partial charge on any atom is -0.351 e. The Morgan fingerprint density at radius 2 is 1.40 bits per heavy atom. The van der Waals surface area contributed by atoms with Gasteiger partial charge in [0.15, 0.2) is 9.84 Å². The van der Waals surface area contributed by atoms with Crippen LogP contribution in [0.1, 0.15) is 0 Å². The summed E-state index contributed by atoms with van der Waals surface area (Å²) in [4.78, 5) is 22.4. The average Bonchev–Trinajstić information content (AvgIpc) is 3.02. The fourth-order valence-electron chi connectivity index (χ4n) is 4.43. The predicted octanol–water partition coefficient (Wildman–Crippen LogP) is 5.48. The van der Waals surface area contributed by atoms with Crippen molar-refractivity contribution in [2.75, 3.05) is 16.0 Å². The quantitative estimate of drug-likeness (QED) is 0.0718. The Bertz CT molecular complexity index is 2570. The zero-order valence-electron chi connectivity index (χ0n) is 24.9. The first kappa shape index (κ1) is 35.7. The SMILES string of the molecule is C=CS(=O)(=O)c1ccc(S(=O)(=O)O)c(Nc2nc(Cl)nc(Nc3ccc(N=Nc4cccc5c(S(=O)(=O)O)cccc45)c(NC(N)=O)c3)n2)c1. The van der Waals surface area contributed by atoms with Crippen LogP contribution in [0.3, 0.4) is 0 Å². The molecule has 5 rings (SSSR count). The molecule has 0 saturated heterocycles. The first-order valence-electron chi connectivity index (χ1n) is 13.5. The fourth-order valence-corrected chi connectivity index (χ4v) is 6.66. The molecule has 0 unspecified atom stereocenters. The van der Waals surface area contributed by atoms with Crippen LogP contribution in [0.5, 0.6) is 0 Å². The van der Waals surface area contributed by atoms with Gasteiger partial charge in [-0.05, 0) is 60.1 Å². The number of carbonyl (C=O) groups is 1. The van der Waals surface area contributed by atoms with Crippen molar-refractivity contribution in [3.8, 4) is 0 Å². The molecule has 0 atom stereocenters. The van der Waals surface area contributed by atoms with Crippen molar-refractivity contribution < 1.29 is 39.2 Å². The van der Waals surface area contributed by atoms with E-state index in [-0.39, 0.29) is 55.1 Å². The molecular weight excluding hydrogens is 738 g/mol. The molecule has 0 fully saturated rings. The summed E-state index contributed by atoms with van der Waals surface area (Å²) in [5.74, 6) is -0.570. The number of fused-ring (bicyclic) bond motifs is 1. The number of nitrogens with two attached hydrogens (primary N) is 1. The Labute approximate surface area is 288 Å². The molecule has 0 aliphatic carbocycles. The summed E-state index contributed by atoms with van der Waals surface area (Å²) in [7, 11) is -13.4. The molecule has 0 saturated carbocycles. The van der Waals surface area contributed by atoms with E-state index in [1.54, 1.807) is 12.1 Å². The summed E-state index contributed by atoms with van der Waals surface area (Å²) in [6.07, 6.45) is 0. The van der Waals surface area contributed by atoms with Gasteiger partial charge in [-0.3, -0.25) is 9.11 Å². The van der Waals surface area contributed by atoms with Crippen LogP contribution in [0, 0.1) is 0 Å². The summed E-state index contributed by atoms with van der Waals surface area (Å²) in [5.41, 5.74) is 5.59. The highest BCUT2D eigenvalue weighted by atomic mass is 35.5. The van der Waals surface area contributed by atoms with Crippen molar-refractivity contribution in [1.29, 1.82) is 0 Å². The van der Waals surface area contributed by atoms with Crippen LogP contribution in [-0.2, 0) is 30.1 Å². The zero-order valence-corrected chi connectivity index (χ0v) is 28.1. The molecule has 18 nitrogen and oxygen atoms in total. The van der Waals surface area contributed by atoms with Crippen molar-refractivity contribution in [1.82, 2.24) is 15.0 Å². The Morgan fingerprint density at radius 1 is 0.760 bits per heavy atom. The lowest BCUT2D eigenvalue weighted by molar-refractivity contribution is 0.259. The number of rotatable bonds is 11. The normalized spacial score (nSPS) is 12.1. The summed E-state index contributed by atoms with van der Waals surface area (Å²) in [5, 5.41) is 16.9. The molecule has 2 amide bonds. The van der Waals surface area contributed by atoms with Crippen molar-refractivity contribution in [3.63, 3.8) is 0 Å². The third-order valence-electron chi connectivity index (χ3n) is 6.54. The molecule has 4 aromatic carbocycles. The monoisotopic (exact) mass is 759 g/mol. The molecular formula is C28H22ClN9O9S3. The van der Waals surface area contributed by atoms with E-state index in [0.29, 0.717) is 10.8 Å². The minimum atomic E-state index is -4.85. The molecule has 0 aliphatic heterocycles. The summed E-state index contributed by atoms with van der Waals surface area (Å²) in [6, 6.07) is 14.9. The van der Waals surface area contributed by atoms with Gasteiger partial charge in [0.1, 0.15) is 15.5 Å². The van der Waals surface area contributed by atoms with Crippen LogP contribution >= 0.6 is 11.6 Å². The van der Waals surface area contributed by atoms with Crippen LogP contribution in [0.4, 0.5) is 45.1 Å². The first-order chi connectivity index (χ1) is 23.4. The molecule has 7 N–H and O–H groups in total. The minimum absolute atomic E-state index is 0.0571. The number of aromatic nitrogens is 3. The van der Waals surface area contributed by atoms with Crippen LogP contribution in [-0.4, -0.2) is 55.3 Å². The summed E-state index contributed by atoms with van der Waals surface area (Å²) >= 11 is 6.07. The summed E-state index contributed by atoms with van der Waals surface area (Å²) < 4.78 is 91.6. The number of azo groups is 1. The maximum absolute atomic E-state index is 12.3. The zero-order chi connectivity index (χ0) is 36.4. The number of sulfone groups is 1. The molecule has 0 spiro atoms. The molecule has 0 bridgehead atoms. The van der Waals surface area contributed by atoms with E-state index < -0.39 is 46.7 Å². The third-order valence-corrected chi connectivity index (χ3v) is 9.89. The highest BCUT2D eigenvalue weighted by molar-refractivity contribution is 7.94. The van der Waals surface area contributed by atoms with Gasteiger partial charge in [-0.2, -0.15) is 31.8 Å². The smallest absolute Gasteiger partial charge is 0.316 e. The van der Waals surface area contributed by atoms with Gasteiger partial charge >= 0.3 is 6.03 Å². The van der Waals surface area contributed by atoms with E-state index in [1.165, 1.54) is 42.5 Å². The molecule has 50 heavy (non-hydrogen) atoms. The van der Waals surface area contributed by atoms with E-state index in [2.05, 4.69) is 47.7 Å². The maximum Gasteiger partial charge on any atom is 0.316 e. The molecule has 258 valence electrons. The lowest BCUT2D eigenvalue weighted by atomic mass is 10.1. The Morgan fingerprint density at radius 3 is 2.06 bits per heavy atom. The number of primary amides is 1. The number of benzene rings is 4. The van der Waals surface area contributed by atoms with Crippen LogP contribution in [0.15, 0.2) is 110 Å². The molecule has 22 heteroatoms. The van der Waals surface area contributed by atoms with Gasteiger partial charge in [-0.1, -0.05) is 30.8 Å². The van der Waals surface area contributed by atoms with Crippen LogP contribution < -0.4 is 21.7 Å². The fraction of sp³-hybridized carbons (Fsp3) is 0. The second kappa shape index (κ2) is 13.7. The van der Waals surface area contributed by atoms with Crippen molar-refractivity contribution >= 4 is 98.8 Å². The lowest BCUT2D eigenvalue weighted by Gasteiger charge is -2.13. The standard InChI is InChI=1S/C28H22ClN9O9S3/c1-2-48(40,41)16-10-12-24(50(45,46)47)22(14-16)33-28-35-25(29)34-27(36-28)31-15-9-11-20(21(13-15)32-26(30)39)38-37-19-7-3-6-18-17(19)5-4-8-23(18)49(42,43)44/h2-14H,1H2,(H3,30,32,39)(H,42,43,44)(H,45,46,47)(H2,31,33,34,35,36). The number of amides is 2. The van der Waals surface area contributed by atoms with E-state index in [0.717, 1.165) is 18.2 Å². The number of anilines is 5. The number of carbonyl (C=O) groups excluding carboxylic acids is 1. The number of nitrogens with zero attached hydrogens (tertiary/aromatic N) is 5. The molecule has 5 aromatic rings. The third kappa shape index (κ3) is 8.16. The molecule has 0 radical (unpaired) electrons. The topological polar surface area (TPSA) is 285 Å². The van der Waals surface area contributed by atoms with Gasteiger partial charge in [0.25, 0.3) is 20.2 Å². The number of nitrogens with one attached hydrogen (secondary N) is 3. The van der Waals surface area contributed by atoms with E-state index in [1.807, 2.05) is 0 Å². The predicted molar refractivity (Wildman–Crippen MR) is 183 cm³/mol. The first-order valence-corrected chi connectivity index (χ1v) is 18.3. The Balaban J connectivity index is 1.47. The van der Waals surface area contributed by atoms with E-state index in [4.69, 9.17) is 17.3 Å². The molecule has 1 aromatic heterocycles. The van der Waals surface area contributed by atoms with Crippen molar-refractivity contribution in [2.24, 2.45) is 16.0 Å². The maximum atomic E-state index is 12.3. The van der Waals surface area contributed by atoms with E-state index >= 15 is 0 Å². The highest BCUT2D eigenvalue weighted by Crippen LogP contribution is 2.35. The van der Waals surface area contributed by atoms with Crippen LogP contribution in [0.25, 0.3) is 10.8 Å². The van der Waals surface area contributed by atoms with Gasteiger partial charge in [0.05, 0.1) is 22.0 Å². The van der Waals surface area contributed by atoms with Gasteiger partial charge in [0.2, 0.25) is 17.2 Å². The number of hydrogen-bond donors (Lipinski definition) is 6. The number of urea groups is 1. The van der Waals surface area contributed by atoms with Crippen molar-refractivity contribution in [3.05, 3.63) is 90.1 Å². The van der Waals surface area contributed by atoms with Gasteiger partial charge in [-0.25, -0.2) is 13.2 Å². The van der Waals surface area contributed by atoms with E-state index in [9.17, 15) is 39.2 Å².